The van der Waals surface area contributed by atoms with Crippen molar-refractivity contribution in [1.82, 2.24) is 4.90 Å². The van der Waals surface area contributed by atoms with Crippen LogP contribution in [0.2, 0.25) is 0 Å². The third-order valence-corrected chi connectivity index (χ3v) is 3.28. The molecule has 14 heavy (non-hydrogen) atoms. The van der Waals surface area contributed by atoms with Crippen LogP contribution in [0, 0.1) is 0 Å². The Labute approximate surface area is 84.4 Å². The van der Waals surface area contributed by atoms with Gasteiger partial charge in [-0.1, -0.05) is 0 Å². The molecule has 1 heterocycles. The molecule has 4 nitrogen and oxygen atoms in total. The number of hydrogen-bond acceptors (Lipinski definition) is 4. The van der Waals surface area contributed by atoms with E-state index in [1.165, 1.54) is 0 Å². The third kappa shape index (κ3) is 1.91. The summed E-state index contributed by atoms with van der Waals surface area (Å²) in [4.78, 5) is 13.4. The summed E-state index contributed by atoms with van der Waals surface area (Å²) in [5, 5.41) is 0. The summed E-state index contributed by atoms with van der Waals surface area (Å²) in [6.45, 7) is 3.08. The van der Waals surface area contributed by atoms with Crippen LogP contribution in [0.15, 0.2) is 0 Å². The molecule has 4 heteroatoms. The first-order valence-corrected chi connectivity index (χ1v) is 5.34. The van der Waals surface area contributed by atoms with Crippen LogP contribution in [0.25, 0.3) is 0 Å². The van der Waals surface area contributed by atoms with Gasteiger partial charge in [-0.05, 0) is 26.2 Å². The number of morpholine rings is 1. The van der Waals surface area contributed by atoms with Gasteiger partial charge < -0.3 is 10.5 Å². The van der Waals surface area contributed by atoms with Crippen LogP contribution in [-0.4, -0.2) is 42.1 Å². The number of carbonyl (C=O) groups excluding carboxylic acids is 1. The van der Waals surface area contributed by atoms with Gasteiger partial charge >= 0.3 is 5.97 Å². The van der Waals surface area contributed by atoms with E-state index in [1.807, 2.05) is 0 Å². The topological polar surface area (TPSA) is 55.6 Å². The fourth-order valence-electron chi connectivity index (χ4n) is 2.44. The summed E-state index contributed by atoms with van der Waals surface area (Å²) in [6, 6.07) is 1.17. The Bertz CT molecular complexity index is 232. The van der Waals surface area contributed by atoms with E-state index < -0.39 is 0 Å². The predicted molar refractivity (Wildman–Crippen MR) is 52.7 cm³/mol. The Balaban J connectivity index is 1.97. The number of nitrogens with two attached hydrogens (primary N) is 1. The van der Waals surface area contributed by atoms with E-state index >= 15 is 0 Å². The van der Waals surface area contributed by atoms with E-state index in [-0.39, 0.29) is 5.97 Å². The molecule has 2 rings (SSSR count). The Hall–Kier alpha value is -0.610. The molecule has 3 atom stereocenters. The van der Waals surface area contributed by atoms with Crippen molar-refractivity contribution in [2.24, 2.45) is 5.73 Å². The molecule has 80 valence electrons. The normalized spacial score (nSPS) is 39.9. The molecule has 0 spiro atoms. The molecule has 1 aliphatic carbocycles. The summed E-state index contributed by atoms with van der Waals surface area (Å²) in [5.41, 5.74) is 5.87. The number of carbonyl (C=O) groups is 1. The molecule has 3 unspecified atom stereocenters. The van der Waals surface area contributed by atoms with Crippen LogP contribution in [0.3, 0.4) is 0 Å². The fourth-order valence-corrected chi connectivity index (χ4v) is 2.44. The van der Waals surface area contributed by atoms with Gasteiger partial charge in [0.2, 0.25) is 0 Å². The van der Waals surface area contributed by atoms with Crippen molar-refractivity contribution in [2.75, 3.05) is 13.2 Å². The lowest BCUT2D eigenvalue weighted by atomic mass is 10.1. The highest BCUT2D eigenvalue weighted by molar-refractivity contribution is 5.72. The van der Waals surface area contributed by atoms with Gasteiger partial charge in [-0.2, -0.15) is 0 Å². The molecule has 2 N–H and O–H groups in total. The van der Waals surface area contributed by atoms with Crippen molar-refractivity contribution < 1.29 is 9.53 Å². The van der Waals surface area contributed by atoms with Gasteiger partial charge in [0.05, 0.1) is 6.54 Å². The van der Waals surface area contributed by atoms with Crippen LogP contribution >= 0.6 is 0 Å². The van der Waals surface area contributed by atoms with Gasteiger partial charge in [-0.15, -0.1) is 0 Å². The Kier molecular flexibility index (Phi) is 2.74. The van der Waals surface area contributed by atoms with E-state index in [0.717, 1.165) is 19.3 Å². The molecular formula is C10H18N2O2. The predicted octanol–water partition coefficient (Wildman–Crippen LogP) is 0.113. The second kappa shape index (κ2) is 3.87. The first-order valence-electron chi connectivity index (χ1n) is 5.34. The van der Waals surface area contributed by atoms with E-state index in [0.29, 0.717) is 31.3 Å². The van der Waals surface area contributed by atoms with Gasteiger partial charge in [-0.3, -0.25) is 9.69 Å². The minimum Gasteiger partial charge on any atom is -0.463 e. The summed E-state index contributed by atoms with van der Waals surface area (Å²) < 4.78 is 4.99. The second-order valence-electron chi connectivity index (χ2n) is 4.43. The third-order valence-electron chi connectivity index (χ3n) is 3.28. The maximum Gasteiger partial charge on any atom is 0.320 e. The van der Waals surface area contributed by atoms with E-state index in [9.17, 15) is 4.79 Å². The monoisotopic (exact) mass is 198 g/mol. The SMILES string of the molecule is CC1COC(=O)CN1C1CCC(N)C1. The van der Waals surface area contributed by atoms with Crippen molar-refractivity contribution in [2.45, 2.75) is 44.3 Å². The second-order valence-corrected chi connectivity index (χ2v) is 4.43. The summed E-state index contributed by atoms with van der Waals surface area (Å²) >= 11 is 0. The quantitative estimate of drug-likeness (QED) is 0.608. The zero-order valence-corrected chi connectivity index (χ0v) is 8.61. The van der Waals surface area contributed by atoms with Crippen molar-refractivity contribution >= 4 is 5.97 Å². The largest absolute Gasteiger partial charge is 0.463 e. The number of ether oxygens (including phenoxy) is 1. The lowest BCUT2D eigenvalue weighted by Crippen LogP contribution is -2.50. The lowest BCUT2D eigenvalue weighted by Gasteiger charge is -2.36. The Morgan fingerprint density at radius 1 is 1.50 bits per heavy atom. The number of esters is 1. The van der Waals surface area contributed by atoms with Crippen molar-refractivity contribution in [3.8, 4) is 0 Å². The first-order chi connectivity index (χ1) is 6.66. The van der Waals surface area contributed by atoms with Crippen molar-refractivity contribution in [3.63, 3.8) is 0 Å². The van der Waals surface area contributed by atoms with Crippen LogP contribution in [0.4, 0.5) is 0 Å². The standard InChI is InChI=1S/C10H18N2O2/c1-7-6-14-10(13)5-12(7)9-3-2-8(11)4-9/h7-9H,2-6,11H2,1H3. The molecule has 0 amide bonds. The van der Waals surface area contributed by atoms with Crippen molar-refractivity contribution in [3.05, 3.63) is 0 Å². The van der Waals surface area contributed by atoms with Gasteiger partial charge in [0.1, 0.15) is 6.61 Å². The Morgan fingerprint density at radius 3 is 2.93 bits per heavy atom. The number of rotatable bonds is 1. The molecule has 1 aliphatic heterocycles. The molecular weight excluding hydrogens is 180 g/mol. The average molecular weight is 198 g/mol. The van der Waals surface area contributed by atoms with Crippen LogP contribution in [-0.2, 0) is 9.53 Å². The molecule has 0 aromatic rings. The molecule has 1 saturated heterocycles. The smallest absolute Gasteiger partial charge is 0.320 e. The zero-order valence-electron chi connectivity index (χ0n) is 8.61. The lowest BCUT2D eigenvalue weighted by molar-refractivity contribution is -0.155. The minimum absolute atomic E-state index is 0.0939. The van der Waals surface area contributed by atoms with E-state index in [1.54, 1.807) is 0 Å². The minimum atomic E-state index is -0.0939. The molecule has 2 fully saturated rings. The van der Waals surface area contributed by atoms with E-state index in [2.05, 4.69) is 11.8 Å². The maximum atomic E-state index is 11.2. The maximum absolute atomic E-state index is 11.2. The van der Waals surface area contributed by atoms with Gasteiger partial charge in [0.25, 0.3) is 0 Å². The summed E-state index contributed by atoms with van der Waals surface area (Å²) in [5.74, 6) is -0.0939. The first kappa shape index (κ1) is 9.93. The highest BCUT2D eigenvalue weighted by Crippen LogP contribution is 2.25. The molecule has 0 aromatic heterocycles. The summed E-state index contributed by atoms with van der Waals surface area (Å²) in [7, 11) is 0. The van der Waals surface area contributed by atoms with Gasteiger partial charge in [-0.25, -0.2) is 0 Å². The van der Waals surface area contributed by atoms with Crippen LogP contribution < -0.4 is 5.73 Å². The fraction of sp³-hybridized carbons (Fsp3) is 0.900. The van der Waals surface area contributed by atoms with Gasteiger partial charge in [0, 0.05) is 18.1 Å². The number of nitrogens with zero attached hydrogens (tertiary/aromatic N) is 1. The molecule has 0 aromatic carbocycles. The van der Waals surface area contributed by atoms with Crippen LogP contribution in [0.1, 0.15) is 26.2 Å². The molecule has 2 aliphatic rings. The van der Waals surface area contributed by atoms with E-state index in [4.69, 9.17) is 10.5 Å². The van der Waals surface area contributed by atoms with Gasteiger partial charge in [0.15, 0.2) is 0 Å². The Morgan fingerprint density at radius 2 is 2.29 bits per heavy atom. The van der Waals surface area contributed by atoms with Crippen molar-refractivity contribution in [1.29, 1.82) is 0 Å². The molecule has 1 saturated carbocycles. The average Bonchev–Trinajstić information content (AvgIpc) is 2.56. The highest BCUT2D eigenvalue weighted by Gasteiger charge is 2.34. The highest BCUT2D eigenvalue weighted by atomic mass is 16.5. The molecule has 0 bridgehead atoms. The summed E-state index contributed by atoms with van der Waals surface area (Å²) in [6.07, 6.45) is 3.24. The zero-order chi connectivity index (χ0) is 10.1. The number of cyclic esters (lactones) is 1. The number of hydrogen-bond donors (Lipinski definition) is 1. The molecule has 0 radical (unpaired) electrons. The van der Waals surface area contributed by atoms with Crippen LogP contribution in [0.5, 0.6) is 0 Å².